The number of aldehydes is 1. The summed E-state index contributed by atoms with van der Waals surface area (Å²) in [6, 6.07) is -1.57. The molecule has 228 valence electrons. The third-order valence-corrected chi connectivity index (χ3v) is 8.57. The lowest BCUT2D eigenvalue weighted by Crippen LogP contribution is -2.68. The number of nitrogens with zero attached hydrogens (tertiary/aromatic N) is 2. The van der Waals surface area contributed by atoms with E-state index in [1.54, 1.807) is 19.9 Å². The summed E-state index contributed by atoms with van der Waals surface area (Å²) in [5, 5.41) is 24.2. The van der Waals surface area contributed by atoms with E-state index in [1.165, 1.54) is 21.1 Å². The van der Waals surface area contributed by atoms with E-state index in [0.717, 1.165) is 6.29 Å². The van der Waals surface area contributed by atoms with E-state index in [2.05, 4.69) is 15.1 Å². The maximum absolute atomic E-state index is 13.8. The number of esters is 1. The summed E-state index contributed by atoms with van der Waals surface area (Å²) in [5.41, 5.74) is 2.14. The third kappa shape index (κ3) is 5.35. The van der Waals surface area contributed by atoms with Gasteiger partial charge in [-0.2, -0.15) is 0 Å². The molecule has 3 aliphatic rings. The first-order valence-electron chi connectivity index (χ1n) is 13.9. The summed E-state index contributed by atoms with van der Waals surface area (Å²) in [7, 11) is 4.73. The fourth-order valence-corrected chi connectivity index (χ4v) is 6.77. The molecule has 0 aromatic heterocycles. The smallest absolute Gasteiger partial charge is 0.337 e. The van der Waals surface area contributed by atoms with Crippen LogP contribution in [0.15, 0.2) is 23.0 Å². The van der Waals surface area contributed by atoms with Gasteiger partial charge in [0.05, 0.1) is 32.8 Å². The van der Waals surface area contributed by atoms with Crippen molar-refractivity contribution >= 4 is 23.8 Å². The van der Waals surface area contributed by atoms with Crippen molar-refractivity contribution in [3.05, 3.63) is 39.7 Å². The summed E-state index contributed by atoms with van der Waals surface area (Å²) in [6.45, 7) is 4.82. The van der Waals surface area contributed by atoms with Gasteiger partial charge >= 0.3 is 5.97 Å². The predicted molar refractivity (Wildman–Crippen MR) is 151 cm³/mol. The molecule has 4 unspecified atom stereocenters. The van der Waals surface area contributed by atoms with Crippen molar-refractivity contribution in [2.45, 2.75) is 57.8 Å². The number of phenols is 1. The van der Waals surface area contributed by atoms with Crippen molar-refractivity contribution in [2.75, 3.05) is 47.5 Å². The van der Waals surface area contributed by atoms with Gasteiger partial charge in [0, 0.05) is 53.0 Å². The lowest BCUT2D eigenvalue weighted by molar-refractivity contribution is -0.137. The van der Waals surface area contributed by atoms with Gasteiger partial charge in [0.1, 0.15) is 24.4 Å². The zero-order valence-corrected chi connectivity index (χ0v) is 24.9. The molecule has 12 nitrogen and oxygen atoms in total. The number of piperazine rings is 1. The fraction of sp³-hybridized carbons (Fsp3) is 0.533. The number of aliphatic hydroxyl groups excluding tert-OH is 1. The van der Waals surface area contributed by atoms with Crippen LogP contribution < -0.4 is 14.8 Å². The van der Waals surface area contributed by atoms with Gasteiger partial charge in [-0.15, -0.1) is 0 Å². The number of ketones is 2. The normalized spacial score (nSPS) is 24.0. The first kappa shape index (κ1) is 31.4. The second kappa shape index (κ2) is 12.7. The molecule has 1 fully saturated rings. The van der Waals surface area contributed by atoms with Crippen molar-refractivity contribution < 1.29 is 43.6 Å². The van der Waals surface area contributed by atoms with Gasteiger partial charge in [-0.1, -0.05) is 0 Å². The largest absolute Gasteiger partial charge is 0.504 e. The molecule has 1 saturated heterocycles. The van der Waals surface area contributed by atoms with E-state index in [1.807, 2.05) is 7.05 Å². The molecule has 0 amide bonds. The Morgan fingerprint density at radius 3 is 2.45 bits per heavy atom. The number of nitrogens with one attached hydrogen (secondary N) is 1. The summed E-state index contributed by atoms with van der Waals surface area (Å²) < 4.78 is 16.5. The number of Topliss-reactive ketones (excluding diaryl/α,β-unsaturated/α-hetero) is 2. The van der Waals surface area contributed by atoms with E-state index in [4.69, 9.17) is 14.2 Å². The number of ether oxygens (including phenoxy) is 3. The highest BCUT2D eigenvalue weighted by Crippen LogP contribution is 2.53. The van der Waals surface area contributed by atoms with Crippen molar-refractivity contribution in [3.63, 3.8) is 0 Å². The molecule has 1 aromatic carbocycles. The van der Waals surface area contributed by atoms with Crippen LogP contribution in [-0.4, -0.2) is 109 Å². The molecule has 3 N–H and O–H groups in total. The van der Waals surface area contributed by atoms with Crippen LogP contribution in [0, 0.1) is 6.92 Å². The zero-order chi connectivity index (χ0) is 30.9. The van der Waals surface area contributed by atoms with Gasteiger partial charge in [-0.3, -0.25) is 24.2 Å². The minimum Gasteiger partial charge on any atom is -0.504 e. The number of carbonyl (C=O) groups excluding carboxylic acids is 4. The number of aromatic hydroxyl groups is 1. The lowest BCUT2D eigenvalue weighted by atomic mass is 9.73. The number of likely N-dealkylation sites (N-methyl/N-ethyl adjacent to an activating group) is 1. The van der Waals surface area contributed by atoms with Gasteiger partial charge in [0.2, 0.25) is 5.78 Å². The number of carbonyl (C=O) groups is 4. The molecule has 2 bridgehead atoms. The predicted octanol–water partition coefficient (Wildman–Crippen LogP) is 0.754. The van der Waals surface area contributed by atoms with Crippen LogP contribution in [0.1, 0.15) is 43.0 Å². The molecule has 1 aromatic rings. The summed E-state index contributed by atoms with van der Waals surface area (Å²) in [5.74, 6) is -1.01. The number of allylic oxidation sites excluding steroid dienone is 2. The SMILES string of the molecule is CC=C(OC)C(=O)C1=C(C=O)CC2CN3C(CNCC(C)=O)c4c(O)c(OC)c(C)c(OC(=O)CO)c4CC3C1N2C. The van der Waals surface area contributed by atoms with Crippen LogP contribution in [0.4, 0.5) is 0 Å². The fourth-order valence-electron chi connectivity index (χ4n) is 6.77. The van der Waals surface area contributed by atoms with Crippen molar-refractivity contribution in [2.24, 2.45) is 0 Å². The molecular formula is C30H39N3O9. The monoisotopic (exact) mass is 585 g/mol. The third-order valence-electron chi connectivity index (χ3n) is 8.57. The Kier molecular flexibility index (Phi) is 9.51. The number of rotatable bonds is 11. The van der Waals surface area contributed by atoms with E-state index in [0.29, 0.717) is 40.8 Å². The topological polar surface area (TPSA) is 155 Å². The number of phenolic OH excluding ortho intramolecular Hbond substituents is 1. The van der Waals surface area contributed by atoms with E-state index in [9.17, 15) is 29.4 Å². The quantitative estimate of drug-likeness (QED) is 0.110. The average Bonchev–Trinajstić information content (AvgIpc) is 2.95. The minimum absolute atomic E-state index is 0.0639. The van der Waals surface area contributed by atoms with Crippen molar-refractivity contribution in [3.8, 4) is 17.2 Å². The maximum atomic E-state index is 13.8. The second-order valence-electron chi connectivity index (χ2n) is 10.9. The Hall–Kier alpha value is -3.58. The molecule has 3 aliphatic heterocycles. The van der Waals surface area contributed by atoms with Crippen LogP contribution in [-0.2, 0) is 30.3 Å². The molecule has 0 spiro atoms. The molecule has 0 aliphatic carbocycles. The van der Waals surface area contributed by atoms with Crippen LogP contribution in [0.3, 0.4) is 0 Å². The molecule has 4 atom stereocenters. The van der Waals surface area contributed by atoms with Crippen LogP contribution in [0.25, 0.3) is 0 Å². The van der Waals surface area contributed by atoms with E-state index >= 15 is 0 Å². The van der Waals surface area contributed by atoms with Crippen LogP contribution in [0.5, 0.6) is 17.2 Å². The first-order valence-corrected chi connectivity index (χ1v) is 13.9. The first-order chi connectivity index (χ1) is 20.0. The Morgan fingerprint density at radius 1 is 1.17 bits per heavy atom. The number of benzene rings is 1. The maximum Gasteiger partial charge on any atom is 0.337 e. The van der Waals surface area contributed by atoms with Gasteiger partial charge in [-0.05, 0) is 46.7 Å². The van der Waals surface area contributed by atoms with E-state index < -0.39 is 30.7 Å². The standard InChI is InChI=1S/C30H39N3O9/c1-7-22(40-5)27(38)24-17(13-34)8-18-12-33-20(26(24)32(18)4)9-19-25(21(33)11-31-10-15(2)36)28(39)30(41-6)16(3)29(19)42-23(37)14-35/h7,13,18,20-21,26,31,35,39H,8-12,14H2,1-6H3. The van der Waals surface area contributed by atoms with Gasteiger partial charge < -0.3 is 29.7 Å². The molecule has 0 radical (unpaired) electrons. The number of methoxy groups -OCH3 is 2. The highest BCUT2D eigenvalue weighted by atomic mass is 16.5. The van der Waals surface area contributed by atoms with Crippen LogP contribution in [0.2, 0.25) is 0 Å². The highest BCUT2D eigenvalue weighted by Gasteiger charge is 2.53. The van der Waals surface area contributed by atoms with E-state index in [-0.39, 0.29) is 60.1 Å². The van der Waals surface area contributed by atoms with Gasteiger partial charge in [0.25, 0.3) is 0 Å². The second-order valence-corrected chi connectivity index (χ2v) is 10.9. The summed E-state index contributed by atoms with van der Waals surface area (Å²) in [4.78, 5) is 54.6. The number of hydrogen-bond donors (Lipinski definition) is 3. The minimum atomic E-state index is -0.878. The lowest BCUT2D eigenvalue weighted by Gasteiger charge is -2.58. The number of hydrogen-bond acceptors (Lipinski definition) is 12. The Morgan fingerprint density at radius 2 is 1.88 bits per heavy atom. The number of aliphatic hydroxyl groups is 1. The molecule has 42 heavy (non-hydrogen) atoms. The van der Waals surface area contributed by atoms with Gasteiger partial charge in [-0.25, -0.2) is 4.79 Å². The molecule has 12 heteroatoms. The molecule has 0 saturated carbocycles. The Bertz CT molecular complexity index is 1350. The molecule has 4 rings (SSSR count). The average molecular weight is 586 g/mol. The Labute approximate surface area is 244 Å². The van der Waals surface area contributed by atoms with Crippen LogP contribution >= 0.6 is 0 Å². The van der Waals surface area contributed by atoms with Crippen molar-refractivity contribution in [1.82, 2.24) is 15.1 Å². The Balaban J connectivity index is 1.96. The highest BCUT2D eigenvalue weighted by molar-refractivity contribution is 6.11. The summed E-state index contributed by atoms with van der Waals surface area (Å²) in [6.07, 6.45) is 2.91. The zero-order valence-electron chi connectivity index (χ0n) is 24.9. The molecular weight excluding hydrogens is 546 g/mol. The summed E-state index contributed by atoms with van der Waals surface area (Å²) >= 11 is 0. The van der Waals surface area contributed by atoms with Crippen molar-refractivity contribution in [1.29, 1.82) is 0 Å². The molecule has 3 heterocycles. The number of fused-ring (bicyclic) bond motifs is 5. The van der Waals surface area contributed by atoms with Gasteiger partial charge in [0.15, 0.2) is 17.3 Å².